The highest BCUT2D eigenvalue weighted by Gasteiger charge is 2.21. The molecule has 2 rings (SSSR count). The maximum absolute atomic E-state index is 12.5. The molecule has 0 fully saturated rings. The van der Waals surface area contributed by atoms with E-state index in [2.05, 4.69) is 37.9 Å². The third kappa shape index (κ3) is 6.28. The quantitative estimate of drug-likeness (QED) is 0.685. The normalized spacial score (nSPS) is 14.4. The fourth-order valence-electron chi connectivity index (χ4n) is 2.92. The molecule has 0 saturated heterocycles. The molecule has 1 aromatic carbocycles. The predicted molar refractivity (Wildman–Crippen MR) is 116 cm³/mol. The molecule has 1 atom stereocenters. The number of nitrogens with zero attached hydrogens (tertiary/aromatic N) is 1. The Morgan fingerprint density at radius 3 is 2.52 bits per heavy atom. The van der Waals surface area contributed by atoms with Gasteiger partial charge in [-0.05, 0) is 37.5 Å². The monoisotopic (exact) mass is 410 g/mol. The number of carbonyl (C=O) groups is 1. The Labute approximate surface area is 172 Å². The van der Waals surface area contributed by atoms with Gasteiger partial charge in [0.2, 0.25) is 5.91 Å². The van der Waals surface area contributed by atoms with Crippen molar-refractivity contribution in [3.63, 3.8) is 0 Å². The van der Waals surface area contributed by atoms with E-state index < -0.39 is 0 Å². The summed E-state index contributed by atoms with van der Waals surface area (Å²) in [6, 6.07) is 5.84. The lowest BCUT2D eigenvalue weighted by molar-refractivity contribution is -0.119. The van der Waals surface area contributed by atoms with E-state index in [-0.39, 0.29) is 17.9 Å². The standard InChI is InChI=1S/C20H30N2O3S2/c1-5-22(6-2)20(26)27-13-18(23)21-19(14(3)4)15-8-9-16-17(12-15)25-11-7-10-24-16/h8-9,12,14,19H,5-7,10-11,13H2,1-4H3,(H,21,23)/t19-/m0/s1. The summed E-state index contributed by atoms with van der Waals surface area (Å²) in [5.41, 5.74) is 1.03. The second-order valence-corrected chi connectivity index (χ2v) is 8.38. The van der Waals surface area contributed by atoms with E-state index in [1.807, 2.05) is 18.2 Å². The van der Waals surface area contributed by atoms with Crippen LogP contribution in [0.15, 0.2) is 18.2 Å². The Balaban J connectivity index is 2.02. The van der Waals surface area contributed by atoms with E-state index in [9.17, 15) is 4.79 Å². The molecule has 1 aliphatic rings. The van der Waals surface area contributed by atoms with Gasteiger partial charge >= 0.3 is 0 Å². The van der Waals surface area contributed by atoms with Crippen molar-refractivity contribution in [3.8, 4) is 11.5 Å². The van der Waals surface area contributed by atoms with Crippen LogP contribution >= 0.6 is 24.0 Å². The largest absolute Gasteiger partial charge is 0.490 e. The third-order valence-electron chi connectivity index (χ3n) is 4.46. The molecule has 1 aliphatic heterocycles. The average molecular weight is 411 g/mol. The van der Waals surface area contributed by atoms with Crippen molar-refractivity contribution in [2.45, 2.75) is 40.2 Å². The number of carbonyl (C=O) groups excluding carboxylic acids is 1. The predicted octanol–water partition coefficient (Wildman–Crippen LogP) is 4.02. The molecule has 150 valence electrons. The smallest absolute Gasteiger partial charge is 0.230 e. The summed E-state index contributed by atoms with van der Waals surface area (Å²) >= 11 is 6.83. The number of ether oxygens (including phenoxy) is 2. The fraction of sp³-hybridized carbons (Fsp3) is 0.600. The van der Waals surface area contributed by atoms with E-state index in [4.69, 9.17) is 21.7 Å². The minimum Gasteiger partial charge on any atom is -0.490 e. The van der Waals surface area contributed by atoms with Crippen molar-refractivity contribution < 1.29 is 14.3 Å². The van der Waals surface area contributed by atoms with Gasteiger partial charge in [0.1, 0.15) is 4.32 Å². The molecule has 27 heavy (non-hydrogen) atoms. The molecule has 1 heterocycles. The van der Waals surface area contributed by atoms with Gasteiger partial charge in [-0.25, -0.2) is 0 Å². The molecule has 0 radical (unpaired) electrons. The van der Waals surface area contributed by atoms with Crippen LogP contribution in [0.25, 0.3) is 0 Å². The minimum atomic E-state index is -0.0859. The van der Waals surface area contributed by atoms with Gasteiger partial charge in [-0.15, -0.1) is 0 Å². The molecule has 0 spiro atoms. The van der Waals surface area contributed by atoms with Crippen molar-refractivity contribution in [1.82, 2.24) is 10.2 Å². The van der Waals surface area contributed by atoms with Crippen LogP contribution in [0, 0.1) is 5.92 Å². The molecule has 0 aliphatic carbocycles. The van der Waals surface area contributed by atoms with Crippen molar-refractivity contribution in [2.24, 2.45) is 5.92 Å². The van der Waals surface area contributed by atoms with Gasteiger partial charge in [0.05, 0.1) is 25.0 Å². The molecule has 0 unspecified atom stereocenters. The maximum atomic E-state index is 12.5. The van der Waals surface area contributed by atoms with E-state index >= 15 is 0 Å². The number of amides is 1. The first kappa shape index (κ1) is 21.8. The second-order valence-electron chi connectivity index (χ2n) is 6.77. The van der Waals surface area contributed by atoms with Crippen LogP contribution in [0.4, 0.5) is 0 Å². The van der Waals surface area contributed by atoms with Crippen LogP contribution in [0.2, 0.25) is 0 Å². The zero-order valence-electron chi connectivity index (χ0n) is 16.6. The third-order valence-corrected chi connectivity index (χ3v) is 5.99. The number of hydrogen-bond donors (Lipinski definition) is 1. The summed E-state index contributed by atoms with van der Waals surface area (Å²) in [5, 5.41) is 3.15. The van der Waals surface area contributed by atoms with Crippen LogP contribution in [-0.4, -0.2) is 47.2 Å². The highest BCUT2D eigenvalue weighted by Crippen LogP contribution is 2.34. The lowest BCUT2D eigenvalue weighted by Crippen LogP contribution is -2.34. The summed E-state index contributed by atoms with van der Waals surface area (Å²) in [5.74, 6) is 2.08. The molecule has 7 heteroatoms. The Kier molecular flexibility index (Phi) is 8.70. The summed E-state index contributed by atoms with van der Waals surface area (Å²) in [6.45, 7) is 11.4. The van der Waals surface area contributed by atoms with Crippen molar-refractivity contribution in [3.05, 3.63) is 23.8 Å². The summed E-state index contributed by atoms with van der Waals surface area (Å²) in [4.78, 5) is 14.6. The zero-order chi connectivity index (χ0) is 19.8. The number of fused-ring (bicyclic) bond motifs is 1. The summed E-state index contributed by atoms with van der Waals surface area (Å²) in [6.07, 6.45) is 0.873. The number of rotatable bonds is 7. The van der Waals surface area contributed by atoms with E-state index in [1.165, 1.54) is 11.8 Å². The fourth-order valence-corrected chi connectivity index (χ4v) is 4.14. The summed E-state index contributed by atoms with van der Waals surface area (Å²) < 4.78 is 12.3. The van der Waals surface area contributed by atoms with E-state index in [1.54, 1.807) is 0 Å². The van der Waals surface area contributed by atoms with Crippen LogP contribution < -0.4 is 14.8 Å². The number of nitrogens with one attached hydrogen (secondary N) is 1. The van der Waals surface area contributed by atoms with Gasteiger partial charge in [-0.2, -0.15) is 0 Å². The first-order valence-electron chi connectivity index (χ1n) is 9.56. The highest BCUT2D eigenvalue weighted by atomic mass is 32.2. The molecule has 1 N–H and O–H groups in total. The first-order valence-corrected chi connectivity index (χ1v) is 11.0. The number of thioether (sulfide) groups is 1. The van der Waals surface area contributed by atoms with Gasteiger partial charge in [0.15, 0.2) is 11.5 Å². The van der Waals surface area contributed by atoms with Crippen LogP contribution in [0.3, 0.4) is 0 Å². The van der Waals surface area contributed by atoms with Gasteiger partial charge in [-0.3, -0.25) is 4.79 Å². The lowest BCUT2D eigenvalue weighted by atomic mass is 9.95. The summed E-state index contributed by atoms with van der Waals surface area (Å²) in [7, 11) is 0. The van der Waals surface area contributed by atoms with Crippen molar-refractivity contribution >= 4 is 34.2 Å². The first-order chi connectivity index (χ1) is 13.0. The highest BCUT2D eigenvalue weighted by molar-refractivity contribution is 8.23. The number of hydrogen-bond acceptors (Lipinski definition) is 5. The molecule has 5 nitrogen and oxygen atoms in total. The van der Waals surface area contributed by atoms with Gasteiger partial charge in [0, 0.05) is 19.5 Å². The van der Waals surface area contributed by atoms with Crippen LogP contribution in [0.1, 0.15) is 45.7 Å². The van der Waals surface area contributed by atoms with Crippen molar-refractivity contribution in [2.75, 3.05) is 32.1 Å². The Bertz CT molecular complexity index is 648. The van der Waals surface area contributed by atoms with Gasteiger partial charge in [0.25, 0.3) is 0 Å². The SMILES string of the molecule is CCN(CC)C(=S)SCC(=O)N[C@H](c1ccc2c(c1)OCCCO2)C(C)C. The second kappa shape index (κ2) is 10.8. The van der Waals surface area contributed by atoms with Crippen LogP contribution in [0.5, 0.6) is 11.5 Å². The molecule has 0 saturated carbocycles. The Hall–Kier alpha value is -1.47. The van der Waals surface area contributed by atoms with Gasteiger partial charge in [-0.1, -0.05) is 43.9 Å². The zero-order valence-corrected chi connectivity index (χ0v) is 18.3. The molecule has 0 aromatic heterocycles. The average Bonchev–Trinajstić information content (AvgIpc) is 2.90. The molecular formula is C20H30N2O3S2. The Morgan fingerprint density at radius 2 is 1.89 bits per heavy atom. The van der Waals surface area contributed by atoms with Crippen LogP contribution in [-0.2, 0) is 4.79 Å². The molecule has 1 aromatic rings. The Morgan fingerprint density at radius 1 is 1.22 bits per heavy atom. The van der Waals surface area contributed by atoms with Gasteiger partial charge < -0.3 is 19.7 Å². The van der Waals surface area contributed by atoms with Crippen molar-refractivity contribution in [1.29, 1.82) is 0 Å². The minimum absolute atomic E-state index is 0.0136. The van der Waals surface area contributed by atoms with E-state index in [0.29, 0.717) is 19.0 Å². The number of benzene rings is 1. The molecule has 1 amide bonds. The van der Waals surface area contributed by atoms with E-state index in [0.717, 1.165) is 40.9 Å². The number of thiocarbonyl (C=S) groups is 1. The molecular weight excluding hydrogens is 380 g/mol. The lowest BCUT2D eigenvalue weighted by Gasteiger charge is -2.24. The maximum Gasteiger partial charge on any atom is 0.230 e. The topological polar surface area (TPSA) is 50.8 Å². The molecule has 0 bridgehead atoms.